The van der Waals surface area contributed by atoms with Crippen LogP contribution in [0.15, 0.2) is 36.4 Å². The van der Waals surface area contributed by atoms with E-state index in [1.54, 1.807) is 31.4 Å². The Morgan fingerprint density at radius 1 is 1.07 bits per heavy atom. The van der Waals surface area contributed by atoms with Crippen LogP contribution in [0.4, 0.5) is 11.4 Å². The third kappa shape index (κ3) is 3.40. The number of morpholine rings is 1. The van der Waals surface area contributed by atoms with Crippen molar-refractivity contribution in [3.05, 3.63) is 63.2 Å². The van der Waals surface area contributed by atoms with E-state index >= 15 is 0 Å². The van der Waals surface area contributed by atoms with E-state index in [1.165, 1.54) is 12.1 Å². The summed E-state index contributed by atoms with van der Waals surface area (Å²) in [6.07, 6.45) is 0. The Balaban J connectivity index is 1.67. The number of fused-ring (bicyclic) bond motifs is 1. The van der Waals surface area contributed by atoms with Gasteiger partial charge in [0.05, 0.1) is 42.9 Å². The largest absolute Gasteiger partial charge is 0.497 e. The molecule has 1 saturated heterocycles. The molecule has 1 fully saturated rings. The number of benzene rings is 2. The van der Waals surface area contributed by atoms with Crippen molar-refractivity contribution in [3.8, 4) is 5.75 Å². The maximum Gasteiger partial charge on any atom is 0.293 e. The second-order valence-electron chi connectivity index (χ2n) is 6.79. The molecule has 2 amide bonds. The van der Waals surface area contributed by atoms with Crippen LogP contribution in [0.2, 0.25) is 0 Å². The van der Waals surface area contributed by atoms with Gasteiger partial charge in [-0.3, -0.25) is 24.6 Å². The quantitative estimate of drug-likeness (QED) is 0.433. The molecule has 9 nitrogen and oxygen atoms in total. The van der Waals surface area contributed by atoms with Gasteiger partial charge in [-0.25, -0.2) is 0 Å². The lowest BCUT2D eigenvalue weighted by atomic mass is 10.1. The van der Waals surface area contributed by atoms with Gasteiger partial charge in [0.1, 0.15) is 11.4 Å². The molecule has 29 heavy (non-hydrogen) atoms. The lowest BCUT2D eigenvalue weighted by molar-refractivity contribution is -0.384. The standard InChI is InChI=1S/C20H19N3O6/c1-28-14-4-2-13(3-5-14)12-22-19(24)15-10-17(21-6-8-29-9-7-21)18(23(26)27)11-16(15)20(22)25/h2-5,10-11H,6-9,12H2,1H3. The lowest BCUT2D eigenvalue weighted by Crippen LogP contribution is -2.36. The number of carbonyl (C=O) groups is 2. The molecule has 2 heterocycles. The number of carbonyl (C=O) groups excluding carboxylic acids is 2. The first-order valence-electron chi connectivity index (χ1n) is 9.14. The van der Waals surface area contributed by atoms with Gasteiger partial charge in [-0.05, 0) is 23.8 Å². The van der Waals surface area contributed by atoms with Crippen molar-refractivity contribution in [2.24, 2.45) is 0 Å². The molecule has 2 aromatic rings. The van der Waals surface area contributed by atoms with E-state index in [2.05, 4.69) is 0 Å². The van der Waals surface area contributed by atoms with Gasteiger partial charge in [0, 0.05) is 19.2 Å². The van der Waals surface area contributed by atoms with Crippen molar-refractivity contribution < 1.29 is 24.0 Å². The third-order valence-corrected chi connectivity index (χ3v) is 5.11. The predicted molar refractivity (Wildman–Crippen MR) is 103 cm³/mol. The van der Waals surface area contributed by atoms with Crippen LogP contribution >= 0.6 is 0 Å². The lowest BCUT2D eigenvalue weighted by Gasteiger charge is -2.28. The molecule has 0 N–H and O–H groups in total. The van der Waals surface area contributed by atoms with Gasteiger partial charge in [0.15, 0.2) is 0 Å². The number of amides is 2. The van der Waals surface area contributed by atoms with Gasteiger partial charge < -0.3 is 14.4 Å². The molecule has 0 saturated carbocycles. The summed E-state index contributed by atoms with van der Waals surface area (Å²) in [6.45, 7) is 1.95. The molecule has 0 radical (unpaired) electrons. The molecule has 0 aromatic heterocycles. The Morgan fingerprint density at radius 3 is 2.28 bits per heavy atom. The van der Waals surface area contributed by atoms with Crippen molar-refractivity contribution in [1.82, 2.24) is 4.90 Å². The monoisotopic (exact) mass is 397 g/mol. The average Bonchev–Trinajstić information content (AvgIpc) is 2.98. The first-order chi connectivity index (χ1) is 14.0. The summed E-state index contributed by atoms with van der Waals surface area (Å²) in [4.78, 5) is 39.8. The number of rotatable bonds is 5. The second kappa shape index (κ2) is 7.51. The van der Waals surface area contributed by atoms with Gasteiger partial charge >= 0.3 is 0 Å². The zero-order chi connectivity index (χ0) is 20.5. The van der Waals surface area contributed by atoms with Gasteiger partial charge in [-0.2, -0.15) is 0 Å². The molecule has 150 valence electrons. The Kier molecular flexibility index (Phi) is 4.89. The number of hydrogen-bond acceptors (Lipinski definition) is 7. The highest BCUT2D eigenvalue weighted by Gasteiger charge is 2.39. The van der Waals surface area contributed by atoms with Crippen LogP contribution < -0.4 is 9.64 Å². The molecular weight excluding hydrogens is 378 g/mol. The third-order valence-electron chi connectivity index (χ3n) is 5.11. The van der Waals surface area contributed by atoms with E-state index in [0.717, 1.165) is 10.5 Å². The minimum atomic E-state index is -0.530. The molecular formula is C20H19N3O6. The number of anilines is 1. The Morgan fingerprint density at radius 2 is 1.69 bits per heavy atom. The fraction of sp³-hybridized carbons (Fsp3) is 0.300. The van der Waals surface area contributed by atoms with Gasteiger partial charge in [0.2, 0.25) is 0 Å². The molecule has 0 atom stereocenters. The van der Waals surface area contributed by atoms with Gasteiger partial charge in [-0.15, -0.1) is 0 Å². The molecule has 0 aliphatic carbocycles. The predicted octanol–water partition coefficient (Wildman–Crippen LogP) is 2.24. The molecule has 0 unspecified atom stereocenters. The average molecular weight is 397 g/mol. The van der Waals surface area contributed by atoms with Crippen LogP contribution in [0.1, 0.15) is 26.3 Å². The minimum absolute atomic E-state index is 0.0622. The summed E-state index contributed by atoms with van der Waals surface area (Å²) in [6, 6.07) is 9.71. The first kappa shape index (κ1) is 18.9. The number of nitro benzene ring substituents is 1. The smallest absolute Gasteiger partial charge is 0.293 e. The van der Waals surface area contributed by atoms with Gasteiger partial charge in [0.25, 0.3) is 17.5 Å². The van der Waals surface area contributed by atoms with Crippen LogP contribution in [0.3, 0.4) is 0 Å². The number of methoxy groups -OCH3 is 1. The van der Waals surface area contributed by atoms with Crippen LogP contribution in [0.5, 0.6) is 5.75 Å². The zero-order valence-corrected chi connectivity index (χ0v) is 15.8. The molecule has 2 aliphatic rings. The summed E-state index contributed by atoms with van der Waals surface area (Å²) in [5.41, 5.74) is 1.16. The maximum atomic E-state index is 12.9. The SMILES string of the molecule is COc1ccc(CN2C(=O)c3cc(N4CCOCC4)c([N+](=O)[O-])cc3C2=O)cc1. The summed E-state index contributed by atoms with van der Waals surface area (Å²) >= 11 is 0. The maximum absolute atomic E-state index is 12.9. The van der Waals surface area contributed by atoms with Gasteiger partial charge in [-0.1, -0.05) is 12.1 Å². The second-order valence-corrected chi connectivity index (χ2v) is 6.79. The first-order valence-corrected chi connectivity index (χ1v) is 9.14. The molecule has 2 aromatic carbocycles. The van der Waals surface area contributed by atoms with E-state index < -0.39 is 16.7 Å². The highest BCUT2D eigenvalue weighted by molar-refractivity contribution is 6.22. The summed E-state index contributed by atoms with van der Waals surface area (Å²) in [5, 5.41) is 11.6. The number of nitro groups is 1. The van der Waals surface area contributed by atoms with E-state index in [4.69, 9.17) is 9.47 Å². The fourth-order valence-corrected chi connectivity index (χ4v) is 3.57. The normalized spacial score (nSPS) is 16.2. The Hall–Kier alpha value is -3.46. The summed E-state index contributed by atoms with van der Waals surface area (Å²) in [7, 11) is 1.55. The number of imide groups is 1. The Bertz CT molecular complexity index is 982. The van der Waals surface area contributed by atoms with E-state index in [-0.39, 0.29) is 23.4 Å². The molecule has 0 bridgehead atoms. The van der Waals surface area contributed by atoms with Crippen molar-refractivity contribution in [2.45, 2.75) is 6.54 Å². The number of ether oxygens (including phenoxy) is 2. The molecule has 9 heteroatoms. The van der Waals surface area contributed by atoms with Crippen LogP contribution in [-0.2, 0) is 11.3 Å². The van der Waals surface area contributed by atoms with Crippen molar-refractivity contribution in [1.29, 1.82) is 0 Å². The topological polar surface area (TPSA) is 102 Å². The summed E-state index contributed by atoms with van der Waals surface area (Å²) < 4.78 is 10.4. The van der Waals surface area contributed by atoms with E-state index in [9.17, 15) is 19.7 Å². The van der Waals surface area contributed by atoms with Crippen molar-refractivity contribution in [2.75, 3.05) is 38.3 Å². The fourth-order valence-electron chi connectivity index (χ4n) is 3.57. The van der Waals surface area contributed by atoms with Crippen molar-refractivity contribution in [3.63, 3.8) is 0 Å². The van der Waals surface area contributed by atoms with Crippen molar-refractivity contribution >= 4 is 23.2 Å². The highest BCUT2D eigenvalue weighted by atomic mass is 16.6. The molecule has 4 rings (SSSR count). The zero-order valence-electron chi connectivity index (χ0n) is 15.8. The van der Waals surface area contributed by atoms with Crippen LogP contribution in [-0.4, -0.2) is 55.1 Å². The van der Waals surface area contributed by atoms with Crippen LogP contribution in [0, 0.1) is 10.1 Å². The van der Waals surface area contributed by atoms with E-state index in [1.807, 2.05) is 4.90 Å². The Labute approximate surface area is 166 Å². The number of nitrogens with zero attached hydrogens (tertiary/aromatic N) is 3. The molecule has 0 spiro atoms. The minimum Gasteiger partial charge on any atom is -0.497 e. The highest BCUT2D eigenvalue weighted by Crippen LogP contribution is 2.36. The summed E-state index contributed by atoms with van der Waals surface area (Å²) in [5.74, 6) is -0.315. The number of hydrogen-bond donors (Lipinski definition) is 0. The molecule has 2 aliphatic heterocycles. The van der Waals surface area contributed by atoms with Crippen LogP contribution in [0.25, 0.3) is 0 Å². The van der Waals surface area contributed by atoms with E-state index in [0.29, 0.717) is 37.7 Å².